The van der Waals surface area contributed by atoms with Crippen molar-refractivity contribution in [1.29, 1.82) is 0 Å². The van der Waals surface area contributed by atoms with Gasteiger partial charge in [0.05, 0.1) is 0 Å². The van der Waals surface area contributed by atoms with Crippen LogP contribution in [0.5, 0.6) is 0 Å². The quantitative estimate of drug-likeness (QED) is 0.582. The molecule has 3 heteroatoms. The molecule has 0 fully saturated rings. The first-order valence-electron chi connectivity index (χ1n) is 3.41. The van der Waals surface area contributed by atoms with Gasteiger partial charge in [-0.25, -0.2) is 0 Å². The lowest BCUT2D eigenvalue weighted by Crippen LogP contribution is -2.32. The van der Waals surface area contributed by atoms with E-state index in [0.717, 1.165) is 12.7 Å². The summed E-state index contributed by atoms with van der Waals surface area (Å²) in [5.41, 5.74) is 0. The largest absolute Gasteiger partial charge is 0.353 e. The van der Waals surface area contributed by atoms with Crippen molar-refractivity contribution in [3.63, 3.8) is 0 Å². The molecule has 0 rings (SSSR count). The van der Waals surface area contributed by atoms with Crippen LogP contribution in [-0.4, -0.2) is 18.2 Å². The van der Waals surface area contributed by atoms with E-state index in [9.17, 15) is 9.59 Å². The topological polar surface area (TPSA) is 46.2 Å². The van der Waals surface area contributed by atoms with Crippen LogP contribution < -0.4 is 5.32 Å². The number of hydrogen-bond donors (Lipinski definition) is 1. The number of rotatable bonds is 4. The summed E-state index contributed by atoms with van der Waals surface area (Å²) >= 11 is 0. The first-order chi connectivity index (χ1) is 4.70. The summed E-state index contributed by atoms with van der Waals surface area (Å²) in [6.07, 6.45) is 2.04. The monoisotopic (exact) mass is 143 g/mol. The van der Waals surface area contributed by atoms with Crippen molar-refractivity contribution in [2.45, 2.75) is 32.7 Å². The normalized spacial score (nSPS) is 12.2. The summed E-state index contributed by atoms with van der Waals surface area (Å²) in [5, 5.41) is 2.66. The molecule has 0 aromatic carbocycles. The van der Waals surface area contributed by atoms with Crippen molar-refractivity contribution in [2.24, 2.45) is 0 Å². The first kappa shape index (κ1) is 9.14. The van der Waals surface area contributed by atoms with Crippen LogP contribution in [0.4, 0.5) is 0 Å². The van der Waals surface area contributed by atoms with Crippen molar-refractivity contribution in [3.8, 4) is 0 Å². The maximum atomic E-state index is 10.5. The molecule has 0 aromatic rings. The van der Waals surface area contributed by atoms with Crippen LogP contribution in [-0.2, 0) is 9.59 Å². The number of nitrogens with one attached hydrogen (secondary N) is 1. The number of hydrogen-bond acceptors (Lipinski definition) is 2. The maximum Gasteiger partial charge on any atom is 0.217 e. The van der Waals surface area contributed by atoms with Gasteiger partial charge in [0.25, 0.3) is 0 Å². The van der Waals surface area contributed by atoms with E-state index in [-0.39, 0.29) is 11.9 Å². The summed E-state index contributed by atoms with van der Waals surface area (Å²) in [7, 11) is 0. The van der Waals surface area contributed by atoms with E-state index in [2.05, 4.69) is 5.32 Å². The Balaban J connectivity index is 3.59. The summed E-state index contributed by atoms with van der Waals surface area (Å²) < 4.78 is 0. The van der Waals surface area contributed by atoms with Gasteiger partial charge in [-0.1, -0.05) is 6.92 Å². The Morgan fingerprint density at radius 2 is 2.30 bits per heavy atom. The van der Waals surface area contributed by atoms with Crippen molar-refractivity contribution in [2.75, 3.05) is 0 Å². The fourth-order valence-corrected chi connectivity index (χ4v) is 0.731. The Hall–Kier alpha value is -0.860. The highest BCUT2D eigenvalue weighted by Gasteiger charge is 2.04. The minimum absolute atomic E-state index is 0.0231. The molecule has 0 aliphatic heterocycles. The van der Waals surface area contributed by atoms with Crippen LogP contribution in [0.15, 0.2) is 0 Å². The zero-order valence-corrected chi connectivity index (χ0v) is 6.39. The molecule has 0 spiro atoms. The molecule has 0 aliphatic carbocycles. The van der Waals surface area contributed by atoms with Gasteiger partial charge in [-0.2, -0.15) is 0 Å². The third-order valence-electron chi connectivity index (χ3n) is 1.28. The maximum absolute atomic E-state index is 10.5. The van der Waals surface area contributed by atoms with Crippen molar-refractivity contribution in [3.05, 3.63) is 0 Å². The Bertz CT molecular complexity index is 123. The summed E-state index contributed by atoms with van der Waals surface area (Å²) in [6.45, 7) is 3.39. The second kappa shape index (κ2) is 4.97. The fraction of sp³-hybridized carbons (Fsp3) is 0.714. The van der Waals surface area contributed by atoms with E-state index in [4.69, 9.17) is 0 Å². The molecule has 0 saturated carbocycles. The molecule has 3 nitrogen and oxygen atoms in total. The molecule has 1 unspecified atom stereocenters. The van der Waals surface area contributed by atoms with Crippen molar-refractivity contribution in [1.82, 2.24) is 5.32 Å². The molecule has 0 heterocycles. The van der Waals surface area contributed by atoms with Crippen LogP contribution in [0.3, 0.4) is 0 Å². The molecule has 0 saturated heterocycles. The molecule has 0 radical (unpaired) electrons. The highest BCUT2D eigenvalue weighted by Crippen LogP contribution is 1.93. The molecule has 1 N–H and O–H groups in total. The van der Waals surface area contributed by atoms with E-state index >= 15 is 0 Å². The van der Waals surface area contributed by atoms with Crippen LogP contribution in [0.1, 0.15) is 26.7 Å². The lowest BCUT2D eigenvalue weighted by molar-refractivity contribution is -0.119. The number of amides is 1. The molecular formula is C7H13NO2. The van der Waals surface area contributed by atoms with Gasteiger partial charge in [-0.05, 0) is 6.42 Å². The zero-order chi connectivity index (χ0) is 7.98. The lowest BCUT2D eigenvalue weighted by Gasteiger charge is -2.11. The van der Waals surface area contributed by atoms with Crippen molar-refractivity contribution >= 4 is 12.2 Å². The van der Waals surface area contributed by atoms with Crippen LogP contribution in [0, 0.1) is 0 Å². The highest BCUT2D eigenvalue weighted by atomic mass is 16.1. The predicted molar refractivity (Wildman–Crippen MR) is 38.6 cm³/mol. The summed E-state index contributed by atoms with van der Waals surface area (Å²) in [5.74, 6) is -0.0753. The van der Waals surface area contributed by atoms with E-state index in [0.29, 0.717) is 6.42 Å². The molecule has 0 bridgehead atoms. The van der Waals surface area contributed by atoms with Crippen molar-refractivity contribution < 1.29 is 9.59 Å². The van der Waals surface area contributed by atoms with E-state index in [1.807, 2.05) is 6.92 Å². The van der Waals surface area contributed by atoms with Gasteiger partial charge in [0.1, 0.15) is 6.29 Å². The van der Waals surface area contributed by atoms with Crippen LogP contribution in [0.2, 0.25) is 0 Å². The van der Waals surface area contributed by atoms with Gasteiger partial charge < -0.3 is 10.1 Å². The predicted octanol–water partition coefficient (Wildman–Crippen LogP) is 0.490. The number of carbonyl (C=O) groups excluding carboxylic acids is 2. The Kier molecular flexibility index (Phi) is 4.54. The highest BCUT2D eigenvalue weighted by molar-refractivity contribution is 5.73. The SMILES string of the molecule is CCC(CC=O)NC(C)=O. The third kappa shape index (κ3) is 4.06. The Morgan fingerprint density at radius 1 is 1.70 bits per heavy atom. The van der Waals surface area contributed by atoms with E-state index < -0.39 is 0 Å². The van der Waals surface area contributed by atoms with E-state index in [1.54, 1.807) is 0 Å². The number of carbonyl (C=O) groups is 2. The molecule has 0 aromatic heterocycles. The zero-order valence-electron chi connectivity index (χ0n) is 6.39. The molecular weight excluding hydrogens is 130 g/mol. The van der Waals surface area contributed by atoms with Gasteiger partial charge in [0.2, 0.25) is 5.91 Å². The smallest absolute Gasteiger partial charge is 0.217 e. The first-order valence-corrected chi connectivity index (χ1v) is 3.41. The molecule has 1 atom stereocenters. The minimum atomic E-state index is -0.0753. The summed E-state index contributed by atoms with van der Waals surface area (Å²) in [6, 6.07) is 0.0231. The third-order valence-corrected chi connectivity index (χ3v) is 1.28. The molecule has 58 valence electrons. The minimum Gasteiger partial charge on any atom is -0.353 e. The average Bonchev–Trinajstić information content (AvgIpc) is 1.86. The standard InChI is InChI=1S/C7H13NO2/c1-3-7(4-5-9)8-6(2)10/h5,7H,3-4H2,1-2H3,(H,8,10). The second-order valence-corrected chi connectivity index (χ2v) is 2.21. The van der Waals surface area contributed by atoms with Gasteiger partial charge in [0.15, 0.2) is 0 Å². The number of aldehydes is 1. The Morgan fingerprint density at radius 3 is 2.60 bits per heavy atom. The van der Waals surface area contributed by atoms with Gasteiger partial charge in [0, 0.05) is 19.4 Å². The van der Waals surface area contributed by atoms with Crippen LogP contribution in [0.25, 0.3) is 0 Å². The summed E-state index contributed by atoms with van der Waals surface area (Å²) in [4.78, 5) is 20.5. The van der Waals surface area contributed by atoms with Gasteiger partial charge >= 0.3 is 0 Å². The Labute approximate surface area is 60.8 Å². The molecule has 1 amide bonds. The van der Waals surface area contributed by atoms with E-state index in [1.165, 1.54) is 6.92 Å². The fourth-order valence-electron chi connectivity index (χ4n) is 0.731. The molecule has 10 heavy (non-hydrogen) atoms. The average molecular weight is 143 g/mol. The van der Waals surface area contributed by atoms with Gasteiger partial charge in [-0.15, -0.1) is 0 Å². The van der Waals surface area contributed by atoms with Crippen LogP contribution >= 0.6 is 0 Å². The second-order valence-electron chi connectivity index (χ2n) is 2.21. The molecule has 0 aliphatic rings. The van der Waals surface area contributed by atoms with Gasteiger partial charge in [-0.3, -0.25) is 4.79 Å². The lowest BCUT2D eigenvalue weighted by atomic mass is 10.2.